The number of anilines is 1. The summed E-state index contributed by atoms with van der Waals surface area (Å²) in [6.07, 6.45) is 5.98. The summed E-state index contributed by atoms with van der Waals surface area (Å²) >= 11 is 0. The zero-order chi connectivity index (χ0) is 20.6. The molecular weight excluding hydrogens is 368 g/mol. The van der Waals surface area contributed by atoms with Gasteiger partial charge in [0.2, 0.25) is 0 Å². The van der Waals surface area contributed by atoms with Crippen molar-refractivity contribution >= 4 is 11.6 Å². The van der Waals surface area contributed by atoms with Crippen LogP contribution in [0, 0.1) is 0 Å². The van der Waals surface area contributed by atoms with Crippen LogP contribution in [0.25, 0.3) is 0 Å². The molecule has 7 heteroatoms. The van der Waals surface area contributed by atoms with Gasteiger partial charge in [0.25, 0.3) is 5.91 Å². The average molecular weight is 394 g/mol. The monoisotopic (exact) mass is 394 g/mol. The Bertz CT molecular complexity index is 958. The van der Waals surface area contributed by atoms with E-state index in [-0.39, 0.29) is 18.3 Å². The third-order valence-electron chi connectivity index (χ3n) is 4.26. The summed E-state index contributed by atoms with van der Waals surface area (Å²) in [7, 11) is 4.00. The normalized spacial score (nSPS) is 10.9. The number of para-hydroxylation sites is 1. The zero-order valence-corrected chi connectivity index (χ0v) is 16.8. The van der Waals surface area contributed by atoms with Crippen LogP contribution in [0.3, 0.4) is 0 Å². The van der Waals surface area contributed by atoms with E-state index in [1.165, 1.54) is 0 Å². The molecule has 2 heterocycles. The SMILES string of the molecule is C=CCc1ccccc1OCc1ccc(C(=O)Nc2cnn(CCN(C)C)c2)o1. The van der Waals surface area contributed by atoms with Gasteiger partial charge in [0.1, 0.15) is 18.1 Å². The Hall–Kier alpha value is -3.32. The van der Waals surface area contributed by atoms with Crippen molar-refractivity contribution in [2.75, 3.05) is 26.0 Å². The lowest BCUT2D eigenvalue weighted by Gasteiger charge is -2.09. The number of carbonyl (C=O) groups excluding carboxylic acids is 1. The fraction of sp³-hybridized carbons (Fsp3) is 0.273. The van der Waals surface area contributed by atoms with Gasteiger partial charge in [-0.25, -0.2) is 0 Å². The highest BCUT2D eigenvalue weighted by molar-refractivity contribution is 6.02. The molecule has 0 atom stereocenters. The van der Waals surface area contributed by atoms with Crippen molar-refractivity contribution in [3.05, 3.63) is 78.5 Å². The topological polar surface area (TPSA) is 72.5 Å². The molecule has 0 saturated heterocycles. The molecule has 0 aliphatic carbocycles. The molecule has 0 saturated carbocycles. The molecule has 7 nitrogen and oxygen atoms in total. The van der Waals surface area contributed by atoms with Gasteiger partial charge in [0, 0.05) is 12.7 Å². The molecule has 0 bridgehead atoms. The second kappa shape index (κ2) is 9.75. The number of amides is 1. The van der Waals surface area contributed by atoms with Gasteiger partial charge < -0.3 is 19.4 Å². The Labute approximate surface area is 170 Å². The molecule has 2 aromatic heterocycles. The highest BCUT2D eigenvalue weighted by atomic mass is 16.5. The smallest absolute Gasteiger partial charge is 0.291 e. The van der Waals surface area contributed by atoms with Gasteiger partial charge in [-0.05, 0) is 44.3 Å². The first-order chi connectivity index (χ1) is 14.0. The van der Waals surface area contributed by atoms with E-state index < -0.39 is 0 Å². The summed E-state index contributed by atoms with van der Waals surface area (Å²) < 4.78 is 13.3. The van der Waals surface area contributed by atoms with E-state index in [2.05, 4.69) is 21.9 Å². The molecule has 29 heavy (non-hydrogen) atoms. The third-order valence-corrected chi connectivity index (χ3v) is 4.26. The number of likely N-dealkylation sites (N-methyl/N-ethyl adjacent to an activating group) is 1. The second-order valence-corrected chi connectivity index (χ2v) is 6.90. The van der Waals surface area contributed by atoms with E-state index in [0.717, 1.165) is 30.8 Å². The number of rotatable bonds is 10. The van der Waals surface area contributed by atoms with E-state index in [9.17, 15) is 4.79 Å². The van der Waals surface area contributed by atoms with Crippen molar-refractivity contribution in [1.82, 2.24) is 14.7 Å². The van der Waals surface area contributed by atoms with E-state index in [4.69, 9.17) is 9.15 Å². The quantitative estimate of drug-likeness (QED) is 0.532. The van der Waals surface area contributed by atoms with Crippen molar-refractivity contribution in [1.29, 1.82) is 0 Å². The van der Waals surface area contributed by atoms with E-state index in [1.807, 2.05) is 44.4 Å². The number of hydrogen-bond donors (Lipinski definition) is 1. The number of furan rings is 1. The third kappa shape index (κ3) is 5.83. The van der Waals surface area contributed by atoms with Crippen LogP contribution in [0.15, 0.2) is 65.9 Å². The molecule has 1 aromatic carbocycles. The van der Waals surface area contributed by atoms with E-state index in [1.54, 1.807) is 29.2 Å². The summed E-state index contributed by atoms with van der Waals surface area (Å²) in [5.41, 5.74) is 1.68. The first-order valence-electron chi connectivity index (χ1n) is 9.44. The van der Waals surface area contributed by atoms with Gasteiger partial charge in [-0.15, -0.1) is 6.58 Å². The van der Waals surface area contributed by atoms with Gasteiger partial charge in [-0.2, -0.15) is 5.10 Å². The van der Waals surface area contributed by atoms with Gasteiger partial charge in [0.05, 0.1) is 18.4 Å². The maximum Gasteiger partial charge on any atom is 0.291 e. The van der Waals surface area contributed by atoms with Gasteiger partial charge >= 0.3 is 0 Å². The zero-order valence-electron chi connectivity index (χ0n) is 16.8. The number of carbonyl (C=O) groups is 1. The fourth-order valence-corrected chi connectivity index (χ4v) is 2.74. The van der Waals surface area contributed by atoms with Crippen LogP contribution >= 0.6 is 0 Å². The Morgan fingerprint density at radius 2 is 2.14 bits per heavy atom. The molecule has 0 aliphatic rings. The minimum absolute atomic E-state index is 0.226. The minimum Gasteiger partial charge on any atom is -0.485 e. The maximum atomic E-state index is 12.4. The summed E-state index contributed by atoms with van der Waals surface area (Å²) in [6.45, 7) is 5.62. The van der Waals surface area contributed by atoms with Crippen LogP contribution in [0.5, 0.6) is 5.75 Å². The second-order valence-electron chi connectivity index (χ2n) is 6.90. The lowest BCUT2D eigenvalue weighted by atomic mass is 10.1. The standard InChI is InChI=1S/C22H26N4O3/c1-4-7-17-8-5-6-9-20(17)28-16-19-10-11-21(29-19)22(27)24-18-14-23-26(15-18)13-12-25(2)3/h4-6,8-11,14-15H,1,7,12-13,16H2,2-3H3,(H,24,27). The number of hydrogen-bond acceptors (Lipinski definition) is 5. The van der Waals surface area contributed by atoms with Gasteiger partial charge in [0.15, 0.2) is 5.76 Å². The van der Waals surface area contributed by atoms with Crippen LogP contribution in [0.4, 0.5) is 5.69 Å². The number of benzene rings is 1. The highest BCUT2D eigenvalue weighted by Gasteiger charge is 2.13. The highest BCUT2D eigenvalue weighted by Crippen LogP contribution is 2.21. The fourth-order valence-electron chi connectivity index (χ4n) is 2.74. The van der Waals surface area contributed by atoms with Crippen LogP contribution in [-0.4, -0.2) is 41.2 Å². The predicted molar refractivity (Wildman–Crippen MR) is 112 cm³/mol. The average Bonchev–Trinajstić information content (AvgIpc) is 3.35. The summed E-state index contributed by atoms with van der Waals surface area (Å²) in [6, 6.07) is 11.2. The van der Waals surface area contributed by atoms with Crippen molar-refractivity contribution in [2.45, 2.75) is 19.6 Å². The molecule has 1 N–H and O–H groups in total. The first kappa shape index (κ1) is 20.4. The number of aromatic nitrogens is 2. The first-order valence-corrected chi connectivity index (χ1v) is 9.44. The van der Waals surface area contributed by atoms with Crippen LogP contribution in [0.2, 0.25) is 0 Å². The molecule has 1 amide bonds. The number of allylic oxidation sites excluding steroid dienone is 1. The lowest BCUT2D eigenvalue weighted by molar-refractivity contribution is 0.0992. The Kier molecular flexibility index (Phi) is 6.86. The lowest BCUT2D eigenvalue weighted by Crippen LogP contribution is -2.18. The molecular formula is C22H26N4O3. The van der Waals surface area contributed by atoms with Gasteiger partial charge in [-0.3, -0.25) is 9.48 Å². The molecule has 3 rings (SSSR count). The molecule has 3 aromatic rings. The molecule has 0 aliphatic heterocycles. The molecule has 152 valence electrons. The summed E-state index contributed by atoms with van der Waals surface area (Å²) in [5.74, 6) is 1.25. The van der Waals surface area contributed by atoms with Crippen LogP contribution in [0.1, 0.15) is 21.9 Å². The van der Waals surface area contributed by atoms with E-state index >= 15 is 0 Å². The molecule has 0 spiro atoms. The Morgan fingerprint density at radius 3 is 2.93 bits per heavy atom. The van der Waals surface area contributed by atoms with Gasteiger partial charge in [-0.1, -0.05) is 24.3 Å². The molecule has 0 fully saturated rings. The van der Waals surface area contributed by atoms with Crippen molar-refractivity contribution in [3.63, 3.8) is 0 Å². The predicted octanol–water partition coefficient (Wildman–Crippen LogP) is 3.60. The number of nitrogens with zero attached hydrogens (tertiary/aromatic N) is 3. The van der Waals surface area contributed by atoms with E-state index in [0.29, 0.717) is 11.4 Å². The van der Waals surface area contributed by atoms with Crippen LogP contribution in [-0.2, 0) is 19.6 Å². The summed E-state index contributed by atoms with van der Waals surface area (Å²) in [4.78, 5) is 14.5. The summed E-state index contributed by atoms with van der Waals surface area (Å²) in [5, 5.41) is 7.04. The minimum atomic E-state index is -0.324. The Balaban J connectivity index is 1.56. The van der Waals surface area contributed by atoms with Crippen molar-refractivity contribution in [3.8, 4) is 5.75 Å². The largest absolute Gasteiger partial charge is 0.485 e. The molecule has 0 unspecified atom stereocenters. The number of nitrogens with one attached hydrogen (secondary N) is 1. The Morgan fingerprint density at radius 1 is 1.31 bits per heavy atom. The molecule has 0 radical (unpaired) electrons. The van der Waals surface area contributed by atoms with Crippen molar-refractivity contribution < 1.29 is 13.9 Å². The number of ether oxygens (including phenoxy) is 1. The van der Waals surface area contributed by atoms with Crippen LogP contribution < -0.4 is 10.1 Å². The maximum absolute atomic E-state index is 12.4. The van der Waals surface area contributed by atoms with Crippen molar-refractivity contribution in [2.24, 2.45) is 0 Å².